The van der Waals surface area contributed by atoms with Gasteiger partial charge in [0.05, 0.1) is 10.9 Å². The molecule has 1 N–H and O–H groups in total. The highest BCUT2D eigenvalue weighted by molar-refractivity contribution is 7.16. The smallest absolute Gasteiger partial charge is 0.257 e. The molecule has 94 valence electrons. The van der Waals surface area contributed by atoms with Gasteiger partial charge in [-0.2, -0.15) is 0 Å². The van der Waals surface area contributed by atoms with E-state index < -0.39 is 23.1 Å². The Bertz CT molecular complexity index is 565. The molecule has 0 aliphatic rings. The van der Waals surface area contributed by atoms with Gasteiger partial charge in [-0.15, -0.1) is 11.3 Å². The quantitative estimate of drug-likeness (QED) is 0.918. The van der Waals surface area contributed by atoms with Gasteiger partial charge in [0, 0.05) is 4.88 Å². The third kappa shape index (κ3) is 2.86. The molecule has 0 atom stereocenters. The second-order valence-electron chi connectivity index (χ2n) is 3.49. The standard InChI is InChI=1S/C12H8ClF2NOS/c13-10-5-4-7(18-10)6-16-12(17)11-8(14)2-1-3-9(11)15/h1-5H,6H2,(H,16,17). The molecule has 0 bridgehead atoms. The molecule has 0 spiro atoms. The number of carbonyl (C=O) groups excluding carboxylic acids is 1. The van der Waals surface area contributed by atoms with Crippen LogP contribution in [0.1, 0.15) is 15.2 Å². The van der Waals surface area contributed by atoms with Crippen LogP contribution in [-0.2, 0) is 6.54 Å². The van der Waals surface area contributed by atoms with Gasteiger partial charge in [0.1, 0.15) is 17.2 Å². The van der Waals surface area contributed by atoms with Gasteiger partial charge in [0.2, 0.25) is 0 Å². The largest absolute Gasteiger partial charge is 0.347 e. The SMILES string of the molecule is O=C(NCc1ccc(Cl)s1)c1c(F)cccc1F. The third-order valence-corrected chi connectivity index (χ3v) is 3.47. The first-order valence-corrected chi connectivity index (χ1v) is 6.24. The van der Waals surface area contributed by atoms with Gasteiger partial charge in [-0.05, 0) is 24.3 Å². The highest BCUT2D eigenvalue weighted by Gasteiger charge is 2.16. The van der Waals surface area contributed by atoms with Crippen molar-refractivity contribution < 1.29 is 13.6 Å². The molecule has 1 amide bonds. The van der Waals surface area contributed by atoms with Crippen LogP contribution in [0.5, 0.6) is 0 Å². The molecule has 0 saturated heterocycles. The monoisotopic (exact) mass is 287 g/mol. The Morgan fingerprint density at radius 3 is 2.44 bits per heavy atom. The molecule has 1 heterocycles. The molecule has 2 aromatic rings. The van der Waals surface area contributed by atoms with E-state index in [0.29, 0.717) is 4.34 Å². The minimum absolute atomic E-state index is 0.185. The molecule has 0 unspecified atom stereocenters. The van der Waals surface area contributed by atoms with Crippen molar-refractivity contribution in [3.05, 3.63) is 56.7 Å². The Balaban J connectivity index is 2.08. The molecule has 1 aromatic carbocycles. The molecule has 0 radical (unpaired) electrons. The summed E-state index contributed by atoms with van der Waals surface area (Å²) in [6, 6.07) is 6.73. The Morgan fingerprint density at radius 1 is 1.22 bits per heavy atom. The zero-order chi connectivity index (χ0) is 13.1. The molecular weight excluding hydrogens is 280 g/mol. The maximum Gasteiger partial charge on any atom is 0.257 e. The lowest BCUT2D eigenvalue weighted by atomic mass is 10.2. The van der Waals surface area contributed by atoms with E-state index in [1.165, 1.54) is 17.4 Å². The highest BCUT2D eigenvalue weighted by atomic mass is 35.5. The molecule has 0 fully saturated rings. The van der Waals surface area contributed by atoms with Crippen molar-refractivity contribution in [3.8, 4) is 0 Å². The number of thiophene rings is 1. The van der Waals surface area contributed by atoms with Gasteiger partial charge >= 0.3 is 0 Å². The van der Waals surface area contributed by atoms with Crippen molar-refractivity contribution in [1.29, 1.82) is 0 Å². The molecule has 0 aliphatic carbocycles. The molecule has 6 heteroatoms. The topological polar surface area (TPSA) is 29.1 Å². The van der Waals surface area contributed by atoms with Crippen LogP contribution >= 0.6 is 22.9 Å². The predicted molar refractivity (Wildman–Crippen MR) is 66.9 cm³/mol. The fraction of sp³-hybridized carbons (Fsp3) is 0.0833. The van der Waals surface area contributed by atoms with E-state index in [1.54, 1.807) is 12.1 Å². The second kappa shape index (κ2) is 5.46. The average molecular weight is 288 g/mol. The van der Waals surface area contributed by atoms with Gasteiger partial charge in [-0.25, -0.2) is 8.78 Å². The van der Waals surface area contributed by atoms with Crippen LogP contribution < -0.4 is 5.32 Å². The maximum absolute atomic E-state index is 13.3. The van der Waals surface area contributed by atoms with E-state index in [9.17, 15) is 13.6 Å². The summed E-state index contributed by atoms with van der Waals surface area (Å²) < 4.78 is 27.2. The van der Waals surface area contributed by atoms with Gasteiger partial charge < -0.3 is 5.32 Å². The van der Waals surface area contributed by atoms with Crippen LogP contribution in [0.15, 0.2) is 30.3 Å². The first kappa shape index (κ1) is 13.0. The molecule has 1 aromatic heterocycles. The van der Waals surface area contributed by atoms with E-state index in [0.717, 1.165) is 17.0 Å². The van der Waals surface area contributed by atoms with Crippen molar-refractivity contribution in [2.24, 2.45) is 0 Å². The minimum atomic E-state index is -0.878. The van der Waals surface area contributed by atoms with Gasteiger partial charge in [-0.3, -0.25) is 4.79 Å². The van der Waals surface area contributed by atoms with Crippen molar-refractivity contribution in [3.63, 3.8) is 0 Å². The van der Waals surface area contributed by atoms with Crippen molar-refractivity contribution in [2.75, 3.05) is 0 Å². The lowest BCUT2D eigenvalue weighted by molar-refractivity contribution is 0.0943. The van der Waals surface area contributed by atoms with Crippen LogP contribution in [0.2, 0.25) is 4.34 Å². The molecule has 2 rings (SSSR count). The summed E-state index contributed by atoms with van der Waals surface area (Å²) in [7, 11) is 0. The molecule has 18 heavy (non-hydrogen) atoms. The van der Waals surface area contributed by atoms with Crippen LogP contribution in [0.4, 0.5) is 8.78 Å². The van der Waals surface area contributed by atoms with Crippen LogP contribution in [0, 0.1) is 11.6 Å². The zero-order valence-electron chi connectivity index (χ0n) is 9.04. The first-order chi connectivity index (χ1) is 8.58. The number of rotatable bonds is 3. The summed E-state index contributed by atoms with van der Waals surface area (Å²) in [5.74, 6) is -2.54. The van der Waals surface area contributed by atoms with Gasteiger partial charge in [0.15, 0.2) is 0 Å². The minimum Gasteiger partial charge on any atom is -0.347 e. The normalized spacial score (nSPS) is 10.4. The zero-order valence-corrected chi connectivity index (χ0v) is 10.6. The average Bonchev–Trinajstić information content (AvgIpc) is 2.72. The summed E-state index contributed by atoms with van der Waals surface area (Å²) in [4.78, 5) is 12.5. The number of hydrogen-bond donors (Lipinski definition) is 1. The second-order valence-corrected chi connectivity index (χ2v) is 5.28. The lowest BCUT2D eigenvalue weighted by Gasteiger charge is -2.05. The molecule has 0 aliphatic heterocycles. The number of amides is 1. The van der Waals surface area contributed by atoms with Crippen LogP contribution in [0.25, 0.3) is 0 Å². The fourth-order valence-electron chi connectivity index (χ4n) is 1.42. The van der Waals surface area contributed by atoms with Crippen LogP contribution in [-0.4, -0.2) is 5.91 Å². The summed E-state index contributed by atoms with van der Waals surface area (Å²) >= 11 is 7.03. The number of nitrogens with one attached hydrogen (secondary N) is 1. The van der Waals surface area contributed by atoms with E-state index in [1.807, 2.05) is 0 Å². The Hall–Kier alpha value is -1.46. The van der Waals surface area contributed by atoms with Gasteiger partial charge in [0.25, 0.3) is 5.91 Å². The number of hydrogen-bond acceptors (Lipinski definition) is 2. The predicted octanol–water partition coefficient (Wildman–Crippen LogP) is 3.61. The van der Waals surface area contributed by atoms with Crippen molar-refractivity contribution in [2.45, 2.75) is 6.54 Å². The lowest BCUT2D eigenvalue weighted by Crippen LogP contribution is -2.24. The van der Waals surface area contributed by atoms with Crippen LogP contribution in [0.3, 0.4) is 0 Å². The van der Waals surface area contributed by atoms with E-state index in [-0.39, 0.29) is 6.54 Å². The Morgan fingerprint density at radius 2 is 1.89 bits per heavy atom. The molecule has 2 nitrogen and oxygen atoms in total. The summed E-state index contributed by atoms with van der Waals surface area (Å²) in [6.45, 7) is 0.185. The Labute approximate surface area is 111 Å². The Kier molecular flexibility index (Phi) is 3.93. The maximum atomic E-state index is 13.3. The molecule has 0 saturated carbocycles. The summed E-state index contributed by atoms with van der Waals surface area (Å²) in [6.07, 6.45) is 0. The highest BCUT2D eigenvalue weighted by Crippen LogP contribution is 2.21. The number of benzene rings is 1. The third-order valence-electron chi connectivity index (χ3n) is 2.24. The summed E-state index contributed by atoms with van der Waals surface area (Å²) in [5, 5.41) is 2.44. The van der Waals surface area contributed by atoms with E-state index in [4.69, 9.17) is 11.6 Å². The summed E-state index contributed by atoms with van der Waals surface area (Å²) in [5.41, 5.74) is -0.569. The number of halogens is 3. The fourth-order valence-corrected chi connectivity index (χ4v) is 2.44. The van der Waals surface area contributed by atoms with E-state index in [2.05, 4.69) is 5.32 Å². The van der Waals surface area contributed by atoms with Crippen molar-refractivity contribution in [1.82, 2.24) is 5.32 Å². The number of carbonyl (C=O) groups is 1. The van der Waals surface area contributed by atoms with E-state index >= 15 is 0 Å². The van der Waals surface area contributed by atoms with Gasteiger partial charge in [-0.1, -0.05) is 17.7 Å². The van der Waals surface area contributed by atoms with Crippen molar-refractivity contribution >= 4 is 28.8 Å². The molecular formula is C12H8ClF2NOS. The first-order valence-electron chi connectivity index (χ1n) is 5.04.